The highest BCUT2D eigenvalue weighted by Crippen LogP contribution is 2.42. The topological polar surface area (TPSA) is 58.6 Å². The Bertz CT molecular complexity index is 1020. The molecule has 1 aliphatic carbocycles. The summed E-state index contributed by atoms with van der Waals surface area (Å²) < 4.78 is 49.2. The highest BCUT2D eigenvalue weighted by molar-refractivity contribution is 7.98. The Kier molecular flexibility index (Phi) is 6.79. The third-order valence-corrected chi connectivity index (χ3v) is 8.07. The van der Waals surface area contributed by atoms with E-state index in [1.807, 2.05) is 17.2 Å². The lowest BCUT2D eigenvalue weighted by atomic mass is 10.1. The molecule has 0 radical (unpaired) electrons. The van der Waals surface area contributed by atoms with Gasteiger partial charge in [-0.3, -0.25) is 0 Å². The number of ether oxygens (including phenoxy) is 1. The van der Waals surface area contributed by atoms with Gasteiger partial charge in [0.2, 0.25) is 10.0 Å². The fourth-order valence-electron chi connectivity index (χ4n) is 3.83. The Morgan fingerprint density at radius 1 is 1.23 bits per heavy atom. The van der Waals surface area contributed by atoms with E-state index in [4.69, 9.17) is 4.74 Å². The van der Waals surface area contributed by atoms with E-state index in [2.05, 4.69) is 11.6 Å². The van der Waals surface area contributed by atoms with Gasteiger partial charge in [-0.1, -0.05) is 19.8 Å². The van der Waals surface area contributed by atoms with Crippen LogP contribution in [0, 0.1) is 11.7 Å². The van der Waals surface area contributed by atoms with Crippen molar-refractivity contribution in [3.05, 3.63) is 42.2 Å². The molecule has 2 aromatic carbocycles. The Labute approximate surface area is 188 Å². The van der Waals surface area contributed by atoms with Gasteiger partial charge in [0.1, 0.15) is 16.5 Å². The Morgan fingerprint density at radius 3 is 2.61 bits per heavy atom. The van der Waals surface area contributed by atoms with Gasteiger partial charge in [-0.05, 0) is 61.8 Å². The van der Waals surface area contributed by atoms with Crippen LogP contribution in [-0.2, 0) is 10.0 Å². The quantitative estimate of drug-likeness (QED) is 0.536. The first-order chi connectivity index (χ1) is 14.9. The number of sulfonamides is 1. The number of hydrogen-bond donors (Lipinski definition) is 1. The number of nitrogens with one attached hydrogen (secondary N) is 1. The summed E-state index contributed by atoms with van der Waals surface area (Å²) in [5.74, 6) is 0.854. The van der Waals surface area contributed by atoms with Crippen LogP contribution in [0.2, 0.25) is 0 Å². The number of nitrogens with zero attached hydrogens (tertiary/aromatic N) is 1. The predicted molar refractivity (Wildman–Crippen MR) is 123 cm³/mol. The molecule has 31 heavy (non-hydrogen) atoms. The minimum atomic E-state index is -3.73. The second-order valence-electron chi connectivity index (χ2n) is 8.27. The summed E-state index contributed by atoms with van der Waals surface area (Å²) >= 11 is 1.53. The molecule has 1 saturated carbocycles. The van der Waals surface area contributed by atoms with Crippen molar-refractivity contribution in [2.75, 3.05) is 24.3 Å². The van der Waals surface area contributed by atoms with Crippen molar-refractivity contribution in [2.24, 2.45) is 5.92 Å². The summed E-state index contributed by atoms with van der Waals surface area (Å²) in [5.41, 5.74) is 1.36. The lowest BCUT2D eigenvalue weighted by Crippen LogP contribution is -2.39. The molecule has 1 heterocycles. The lowest BCUT2D eigenvalue weighted by Gasteiger charge is -2.28. The van der Waals surface area contributed by atoms with Crippen LogP contribution in [0.5, 0.6) is 5.75 Å². The normalized spacial score (nSPS) is 20.2. The molecule has 1 unspecified atom stereocenters. The summed E-state index contributed by atoms with van der Waals surface area (Å²) in [6.45, 7) is 3.18. The van der Waals surface area contributed by atoms with E-state index < -0.39 is 10.0 Å². The molecule has 0 aromatic heterocycles. The maximum atomic E-state index is 13.6. The highest BCUT2D eigenvalue weighted by Gasteiger charge is 2.33. The van der Waals surface area contributed by atoms with E-state index in [0.29, 0.717) is 30.5 Å². The zero-order chi connectivity index (χ0) is 22.0. The number of thioether (sulfide) groups is 1. The van der Waals surface area contributed by atoms with Gasteiger partial charge in [0.15, 0.2) is 0 Å². The van der Waals surface area contributed by atoms with E-state index >= 15 is 0 Å². The molecule has 2 aromatic rings. The third-order valence-electron chi connectivity index (χ3n) is 5.77. The van der Waals surface area contributed by atoms with E-state index in [0.717, 1.165) is 42.7 Å². The predicted octanol–water partition coefficient (Wildman–Crippen LogP) is 5.33. The molecule has 0 bridgehead atoms. The van der Waals surface area contributed by atoms with Crippen molar-refractivity contribution in [1.82, 2.24) is 4.72 Å². The van der Waals surface area contributed by atoms with Crippen molar-refractivity contribution >= 4 is 33.2 Å². The van der Waals surface area contributed by atoms with E-state index in [-0.39, 0.29) is 16.8 Å². The molecule has 8 heteroatoms. The zero-order valence-corrected chi connectivity index (χ0v) is 19.6. The number of fused-ring (bicyclic) bond motifs is 1. The fraction of sp³-hybridized carbons (Fsp3) is 0.478. The molecular weight excluding hydrogens is 435 g/mol. The Morgan fingerprint density at radius 2 is 1.97 bits per heavy atom. The van der Waals surface area contributed by atoms with Crippen molar-refractivity contribution in [2.45, 2.75) is 54.9 Å². The van der Waals surface area contributed by atoms with Crippen LogP contribution >= 0.6 is 11.8 Å². The van der Waals surface area contributed by atoms with Gasteiger partial charge in [-0.25, -0.2) is 17.5 Å². The first kappa shape index (κ1) is 22.4. The number of rotatable bonds is 8. The Balaban J connectivity index is 1.80. The second-order valence-corrected chi connectivity index (χ2v) is 10.8. The standard InChI is InChI=1S/C23H29FN2O3S2/c1-3-4-5-18-14-26(19-10-8-17(24)9-11-19)20-12-22(30-2)21(29-15-16-6-7-16)13-23(20)31(27,28)25-18/h8-13,16,18,25H,3-7,14-15H2,1-2H3. The SMILES string of the molecule is CCCCC1CN(c2ccc(F)cc2)c2cc(SC)c(OCC3CC3)cc2S(=O)(=O)N1. The fourth-order valence-corrected chi connectivity index (χ4v) is 5.84. The minimum absolute atomic E-state index is 0.208. The molecule has 0 amide bonds. The van der Waals surface area contributed by atoms with Gasteiger partial charge in [-0.2, -0.15) is 0 Å². The van der Waals surface area contributed by atoms with Crippen LogP contribution in [0.1, 0.15) is 39.0 Å². The van der Waals surface area contributed by atoms with E-state index in [1.54, 1.807) is 18.2 Å². The van der Waals surface area contributed by atoms with Crippen LogP contribution in [0.15, 0.2) is 46.2 Å². The minimum Gasteiger partial charge on any atom is -0.492 e. The van der Waals surface area contributed by atoms with Gasteiger partial charge in [0.05, 0.1) is 17.2 Å². The van der Waals surface area contributed by atoms with Gasteiger partial charge in [0.25, 0.3) is 0 Å². The van der Waals surface area contributed by atoms with Crippen molar-refractivity contribution in [3.63, 3.8) is 0 Å². The zero-order valence-electron chi connectivity index (χ0n) is 17.9. The third kappa shape index (κ3) is 5.18. The monoisotopic (exact) mass is 464 g/mol. The molecule has 2 aliphatic rings. The summed E-state index contributed by atoms with van der Waals surface area (Å²) in [4.78, 5) is 3.09. The molecule has 1 N–H and O–H groups in total. The van der Waals surface area contributed by atoms with Crippen molar-refractivity contribution in [3.8, 4) is 5.75 Å². The number of hydrogen-bond acceptors (Lipinski definition) is 5. The van der Waals surface area contributed by atoms with Crippen LogP contribution in [0.4, 0.5) is 15.8 Å². The number of halogens is 1. The number of anilines is 2. The smallest absolute Gasteiger partial charge is 0.243 e. The molecule has 1 fully saturated rings. The van der Waals surface area contributed by atoms with Gasteiger partial charge in [0, 0.05) is 24.3 Å². The average Bonchev–Trinajstić information content (AvgIpc) is 3.59. The van der Waals surface area contributed by atoms with Crippen molar-refractivity contribution < 1.29 is 17.5 Å². The molecule has 1 aliphatic heterocycles. The lowest BCUT2D eigenvalue weighted by molar-refractivity contribution is 0.292. The summed E-state index contributed by atoms with van der Waals surface area (Å²) in [7, 11) is -3.73. The molecule has 168 valence electrons. The number of unbranched alkanes of at least 4 members (excludes halogenated alkanes) is 1. The van der Waals surface area contributed by atoms with Crippen LogP contribution in [0.3, 0.4) is 0 Å². The van der Waals surface area contributed by atoms with Crippen molar-refractivity contribution in [1.29, 1.82) is 0 Å². The molecule has 5 nitrogen and oxygen atoms in total. The molecule has 4 rings (SSSR count). The second kappa shape index (κ2) is 9.38. The Hall–Kier alpha value is -1.77. The average molecular weight is 465 g/mol. The largest absolute Gasteiger partial charge is 0.492 e. The first-order valence-corrected chi connectivity index (χ1v) is 13.5. The highest BCUT2D eigenvalue weighted by atomic mass is 32.2. The van der Waals surface area contributed by atoms with Gasteiger partial charge in [-0.15, -0.1) is 11.8 Å². The maximum absolute atomic E-state index is 13.6. The summed E-state index contributed by atoms with van der Waals surface area (Å²) in [6.07, 6.45) is 6.93. The van der Waals surface area contributed by atoms with E-state index in [1.165, 1.54) is 23.9 Å². The van der Waals surface area contributed by atoms with E-state index in [9.17, 15) is 12.8 Å². The van der Waals surface area contributed by atoms with Gasteiger partial charge >= 0.3 is 0 Å². The summed E-state index contributed by atoms with van der Waals surface area (Å²) in [6, 6.07) is 9.53. The maximum Gasteiger partial charge on any atom is 0.243 e. The molecule has 0 spiro atoms. The molecule has 1 atom stereocenters. The van der Waals surface area contributed by atoms with Gasteiger partial charge < -0.3 is 9.64 Å². The van der Waals surface area contributed by atoms with Crippen LogP contribution < -0.4 is 14.4 Å². The number of benzene rings is 2. The first-order valence-electron chi connectivity index (χ1n) is 10.8. The van der Waals surface area contributed by atoms with Crippen LogP contribution in [-0.4, -0.2) is 33.9 Å². The molecular formula is C23H29FN2O3S2. The summed E-state index contributed by atoms with van der Waals surface area (Å²) in [5, 5.41) is 0. The molecule has 0 saturated heterocycles. The van der Waals surface area contributed by atoms with Crippen LogP contribution in [0.25, 0.3) is 0 Å².